The Kier molecular flexibility index (Phi) is 5.72. The molecule has 0 spiro atoms. The summed E-state index contributed by atoms with van der Waals surface area (Å²) in [5, 5.41) is 6.41. The fraction of sp³-hybridized carbons (Fsp3) is 0.667. The van der Waals surface area contributed by atoms with E-state index in [1.54, 1.807) is 0 Å². The fourth-order valence-corrected chi connectivity index (χ4v) is 0.194. The van der Waals surface area contributed by atoms with Crippen LogP contribution in [0.3, 0.4) is 0 Å². The van der Waals surface area contributed by atoms with Crippen LogP contribution < -0.4 is 29.6 Å². The van der Waals surface area contributed by atoms with Crippen molar-refractivity contribution >= 4 is 10.1 Å². The molecular weight excluding hydrogens is 153 g/mol. The normalized spacial score (nSPS) is 13.0. The molecule has 0 aromatic carbocycles. The molecule has 1 unspecified atom stereocenters. The second kappa shape index (κ2) is 4.25. The summed E-state index contributed by atoms with van der Waals surface area (Å²) in [5.41, 5.74) is 0. The molecule has 0 saturated heterocycles. The van der Waals surface area contributed by atoms with Gasteiger partial charge < -0.3 is 4.55 Å². The van der Waals surface area contributed by atoms with Gasteiger partial charge in [-0.2, -0.15) is 5.26 Å². The third-order valence-corrected chi connectivity index (χ3v) is 1.59. The van der Waals surface area contributed by atoms with Gasteiger partial charge in [0.25, 0.3) is 0 Å². The molecule has 0 rings (SSSR count). The summed E-state index contributed by atoms with van der Waals surface area (Å²) < 4.78 is 29.4. The van der Waals surface area contributed by atoms with Crippen LogP contribution in [0.2, 0.25) is 0 Å². The van der Waals surface area contributed by atoms with Gasteiger partial charge in [-0.05, 0) is 6.92 Å². The Morgan fingerprint density at radius 2 is 2.00 bits per heavy atom. The van der Waals surface area contributed by atoms with Crippen molar-refractivity contribution < 1.29 is 42.5 Å². The summed E-state index contributed by atoms with van der Waals surface area (Å²) in [7, 11) is -4.36. The largest absolute Gasteiger partial charge is 1.00 e. The summed E-state index contributed by atoms with van der Waals surface area (Å²) in [6, 6.07) is 1.30. The Hall–Kier alpha value is 0.400. The van der Waals surface area contributed by atoms with Crippen LogP contribution in [0.25, 0.3) is 0 Å². The van der Waals surface area contributed by atoms with E-state index in [9.17, 15) is 13.0 Å². The number of hydrogen-bond acceptors (Lipinski definition) is 4. The molecule has 46 valence electrons. The van der Waals surface area contributed by atoms with Crippen molar-refractivity contribution in [2.75, 3.05) is 0 Å². The number of nitriles is 1. The van der Waals surface area contributed by atoms with Crippen molar-refractivity contribution in [2.45, 2.75) is 12.2 Å². The zero-order chi connectivity index (χ0) is 6.78. The molecule has 0 aliphatic carbocycles. The summed E-state index contributed by atoms with van der Waals surface area (Å²) in [4.78, 5) is 0. The molecule has 0 heterocycles. The first kappa shape index (κ1) is 12.1. The van der Waals surface area contributed by atoms with Gasteiger partial charge in [-0.1, -0.05) is 0 Å². The molecule has 4 nitrogen and oxygen atoms in total. The van der Waals surface area contributed by atoms with Crippen molar-refractivity contribution in [1.82, 2.24) is 0 Å². The molecule has 0 saturated carbocycles. The van der Waals surface area contributed by atoms with Gasteiger partial charge in [-0.15, -0.1) is 0 Å². The van der Waals surface area contributed by atoms with E-state index in [1.165, 1.54) is 6.07 Å². The smallest absolute Gasteiger partial charge is 0.747 e. The molecular formula is C3H4NNaO3S. The van der Waals surface area contributed by atoms with Crippen LogP contribution >= 0.6 is 0 Å². The predicted octanol–water partition coefficient (Wildman–Crippen LogP) is -3.55. The maximum atomic E-state index is 9.78. The van der Waals surface area contributed by atoms with Crippen molar-refractivity contribution in [1.29, 1.82) is 5.26 Å². The molecule has 0 N–H and O–H groups in total. The molecule has 9 heavy (non-hydrogen) atoms. The molecule has 0 radical (unpaired) electrons. The maximum Gasteiger partial charge on any atom is 1.00 e. The zero-order valence-electron chi connectivity index (χ0n) is 5.16. The first-order valence-electron chi connectivity index (χ1n) is 1.83. The average molecular weight is 157 g/mol. The van der Waals surface area contributed by atoms with Crippen LogP contribution in [0.4, 0.5) is 0 Å². The number of nitrogens with zero attached hydrogens (tertiary/aromatic N) is 1. The van der Waals surface area contributed by atoms with E-state index in [-0.39, 0.29) is 29.6 Å². The van der Waals surface area contributed by atoms with E-state index in [1.807, 2.05) is 0 Å². The third-order valence-electron chi connectivity index (χ3n) is 0.615. The fourth-order valence-electron chi connectivity index (χ4n) is 0.0645. The Bertz CT molecular complexity index is 204. The van der Waals surface area contributed by atoms with Crippen molar-refractivity contribution in [3.05, 3.63) is 0 Å². The van der Waals surface area contributed by atoms with Crippen LogP contribution in [0.5, 0.6) is 0 Å². The molecule has 0 aliphatic heterocycles. The third kappa shape index (κ3) is 4.88. The van der Waals surface area contributed by atoms with Gasteiger partial charge in [0.05, 0.1) is 6.07 Å². The van der Waals surface area contributed by atoms with Crippen LogP contribution in [-0.4, -0.2) is 18.2 Å². The first-order chi connectivity index (χ1) is 3.48. The van der Waals surface area contributed by atoms with Crippen LogP contribution in [0, 0.1) is 11.3 Å². The van der Waals surface area contributed by atoms with Crippen molar-refractivity contribution in [3.63, 3.8) is 0 Å². The standard InChI is InChI=1S/C3H5NO3S.Na/c1-3(2-4)8(5,6)7;/h3H,1H3,(H,5,6,7);/q;+1/p-1. The predicted molar refractivity (Wildman–Crippen MR) is 24.8 cm³/mol. The second-order valence-electron chi connectivity index (χ2n) is 1.26. The Morgan fingerprint density at radius 3 is 2.00 bits per heavy atom. The average Bonchev–Trinajstić information content (AvgIpc) is 1.62. The summed E-state index contributed by atoms with van der Waals surface area (Å²) in [5.74, 6) is 0. The minimum Gasteiger partial charge on any atom is -0.747 e. The van der Waals surface area contributed by atoms with Crippen LogP contribution in [0.15, 0.2) is 0 Å². The maximum absolute atomic E-state index is 9.78. The SMILES string of the molecule is CC(C#N)S(=O)(=O)[O-].[Na+]. The van der Waals surface area contributed by atoms with E-state index in [2.05, 4.69) is 0 Å². The van der Waals surface area contributed by atoms with E-state index in [4.69, 9.17) is 5.26 Å². The summed E-state index contributed by atoms with van der Waals surface area (Å²) in [6.45, 7) is 1.04. The molecule has 0 amide bonds. The topological polar surface area (TPSA) is 81.0 Å². The van der Waals surface area contributed by atoms with Crippen molar-refractivity contribution in [3.8, 4) is 6.07 Å². The Morgan fingerprint density at radius 1 is 1.67 bits per heavy atom. The molecule has 6 heteroatoms. The summed E-state index contributed by atoms with van der Waals surface area (Å²) >= 11 is 0. The molecule has 0 aliphatic rings. The number of hydrogen-bond donors (Lipinski definition) is 0. The van der Waals surface area contributed by atoms with E-state index >= 15 is 0 Å². The minimum absolute atomic E-state index is 0. The van der Waals surface area contributed by atoms with Gasteiger partial charge in [0.15, 0.2) is 0 Å². The second-order valence-corrected chi connectivity index (χ2v) is 2.96. The van der Waals surface area contributed by atoms with Crippen LogP contribution in [-0.2, 0) is 10.1 Å². The Labute approximate surface area is 75.9 Å². The van der Waals surface area contributed by atoms with E-state index < -0.39 is 15.4 Å². The minimum atomic E-state index is -4.36. The van der Waals surface area contributed by atoms with E-state index in [0.717, 1.165) is 6.92 Å². The van der Waals surface area contributed by atoms with Gasteiger partial charge >= 0.3 is 29.6 Å². The van der Waals surface area contributed by atoms with Crippen LogP contribution in [0.1, 0.15) is 6.92 Å². The Balaban J connectivity index is 0. The summed E-state index contributed by atoms with van der Waals surface area (Å²) in [6.07, 6.45) is 0. The number of rotatable bonds is 1. The molecule has 0 bridgehead atoms. The van der Waals surface area contributed by atoms with Gasteiger partial charge in [-0.25, -0.2) is 8.42 Å². The van der Waals surface area contributed by atoms with Gasteiger partial charge in [-0.3, -0.25) is 0 Å². The molecule has 0 aromatic rings. The monoisotopic (exact) mass is 157 g/mol. The molecule has 0 aromatic heterocycles. The molecule has 0 fully saturated rings. The van der Waals surface area contributed by atoms with Crippen molar-refractivity contribution in [2.24, 2.45) is 0 Å². The zero-order valence-corrected chi connectivity index (χ0v) is 7.97. The van der Waals surface area contributed by atoms with Gasteiger partial charge in [0.1, 0.15) is 15.4 Å². The quantitative estimate of drug-likeness (QED) is 0.291. The first-order valence-corrected chi connectivity index (χ1v) is 3.30. The van der Waals surface area contributed by atoms with Gasteiger partial charge in [0.2, 0.25) is 0 Å². The molecule has 1 atom stereocenters. The van der Waals surface area contributed by atoms with Gasteiger partial charge in [0, 0.05) is 0 Å². The van der Waals surface area contributed by atoms with E-state index in [0.29, 0.717) is 0 Å².